The van der Waals surface area contributed by atoms with Crippen molar-refractivity contribution in [2.75, 3.05) is 4.72 Å². The minimum atomic E-state index is -3.69. The molecule has 0 unspecified atom stereocenters. The monoisotopic (exact) mass is 310 g/mol. The van der Waals surface area contributed by atoms with E-state index < -0.39 is 10.0 Å². The molecule has 0 bridgehead atoms. The van der Waals surface area contributed by atoms with Crippen LogP contribution in [0.1, 0.15) is 16.7 Å². The maximum atomic E-state index is 12.5. The number of nitrogens with zero attached hydrogens (tertiary/aromatic N) is 1. The van der Waals surface area contributed by atoms with Crippen LogP contribution in [0.15, 0.2) is 35.4 Å². The van der Waals surface area contributed by atoms with Crippen molar-refractivity contribution in [3.8, 4) is 0 Å². The molecule has 0 radical (unpaired) electrons. The average molecular weight is 311 g/mol. The smallest absolute Gasteiger partial charge is 0.262 e. The molecule has 20 heavy (non-hydrogen) atoms. The van der Waals surface area contributed by atoms with Gasteiger partial charge in [0.05, 0.1) is 10.6 Å². The topological polar surface area (TPSA) is 59.1 Å². The molecule has 1 heterocycles. The first kappa shape index (κ1) is 14.8. The number of hydrogen-bond donors (Lipinski definition) is 1. The molecule has 106 valence electrons. The third-order valence-electron chi connectivity index (χ3n) is 2.88. The third-order valence-corrected chi connectivity index (χ3v) is 4.85. The van der Waals surface area contributed by atoms with E-state index in [4.69, 9.17) is 11.6 Å². The first-order chi connectivity index (χ1) is 9.31. The molecule has 0 aliphatic heterocycles. The van der Waals surface area contributed by atoms with Gasteiger partial charge in [0.25, 0.3) is 10.0 Å². The summed E-state index contributed by atoms with van der Waals surface area (Å²) >= 11 is 5.88. The Morgan fingerprint density at radius 2 is 1.75 bits per heavy atom. The maximum absolute atomic E-state index is 12.5. The van der Waals surface area contributed by atoms with Crippen LogP contribution in [0.5, 0.6) is 0 Å². The Morgan fingerprint density at radius 3 is 2.30 bits per heavy atom. The number of benzene rings is 1. The predicted octanol–water partition coefficient (Wildman–Crippen LogP) is 3.46. The van der Waals surface area contributed by atoms with Crippen molar-refractivity contribution >= 4 is 27.3 Å². The molecular weight excluding hydrogens is 296 g/mol. The molecule has 0 amide bonds. The van der Waals surface area contributed by atoms with Gasteiger partial charge in [-0.1, -0.05) is 29.3 Å². The van der Waals surface area contributed by atoms with Gasteiger partial charge in [-0.3, -0.25) is 4.72 Å². The summed E-state index contributed by atoms with van der Waals surface area (Å²) in [6, 6.07) is 6.88. The van der Waals surface area contributed by atoms with Crippen molar-refractivity contribution in [1.29, 1.82) is 0 Å². The predicted molar refractivity (Wildman–Crippen MR) is 80.7 cm³/mol. The van der Waals surface area contributed by atoms with Crippen molar-refractivity contribution in [3.05, 3.63) is 52.3 Å². The third kappa shape index (κ3) is 2.94. The van der Waals surface area contributed by atoms with E-state index in [9.17, 15) is 8.42 Å². The molecule has 6 heteroatoms. The van der Waals surface area contributed by atoms with Gasteiger partial charge in [0.2, 0.25) is 0 Å². The van der Waals surface area contributed by atoms with E-state index in [-0.39, 0.29) is 15.7 Å². The quantitative estimate of drug-likeness (QED) is 0.883. The lowest BCUT2D eigenvalue weighted by atomic mass is 10.1. The van der Waals surface area contributed by atoms with Crippen LogP contribution in [0.2, 0.25) is 5.15 Å². The summed E-state index contributed by atoms with van der Waals surface area (Å²) in [6.45, 7) is 5.49. The van der Waals surface area contributed by atoms with E-state index in [1.807, 2.05) is 19.1 Å². The van der Waals surface area contributed by atoms with Gasteiger partial charge in [0, 0.05) is 6.20 Å². The van der Waals surface area contributed by atoms with Gasteiger partial charge < -0.3 is 0 Å². The number of aryl methyl sites for hydroxylation is 3. The number of pyridine rings is 1. The van der Waals surface area contributed by atoms with Gasteiger partial charge >= 0.3 is 0 Å². The minimum Gasteiger partial charge on any atom is -0.276 e. The second kappa shape index (κ2) is 5.42. The van der Waals surface area contributed by atoms with Crippen molar-refractivity contribution in [1.82, 2.24) is 4.98 Å². The van der Waals surface area contributed by atoms with Crippen LogP contribution in [0.25, 0.3) is 0 Å². The fraction of sp³-hybridized carbons (Fsp3) is 0.214. The summed E-state index contributed by atoms with van der Waals surface area (Å²) in [7, 11) is -3.69. The molecule has 1 N–H and O–H groups in total. The van der Waals surface area contributed by atoms with Crippen molar-refractivity contribution in [3.63, 3.8) is 0 Å². The van der Waals surface area contributed by atoms with E-state index in [0.29, 0.717) is 11.1 Å². The van der Waals surface area contributed by atoms with E-state index in [1.54, 1.807) is 26.0 Å². The van der Waals surface area contributed by atoms with Crippen LogP contribution in [0.3, 0.4) is 0 Å². The highest BCUT2D eigenvalue weighted by atomic mass is 35.5. The van der Waals surface area contributed by atoms with Crippen molar-refractivity contribution in [2.24, 2.45) is 0 Å². The van der Waals surface area contributed by atoms with E-state index in [1.165, 1.54) is 6.20 Å². The molecule has 2 aromatic rings. The standard InChI is InChI=1S/C14H15ClN2O2S/c1-9-7-10(2)13(11(3)8-9)20(18,19)17-12-5-4-6-16-14(12)15/h4-8,17H,1-3H3. The fourth-order valence-corrected chi connectivity index (χ4v) is 3.99. The van der Waals surface area contributed by atoms with Gasteiger partial charge in [-0.25, -0.2) is 13.4 Å². The van der Waals surface area contributed by atoms with E-state index >= 15 is 0 Å². The molecule has 0 saturated heterocycles. The molecule has 1 aromatic heterocycles. The molecule has 0 spiro atoms. The molecule has 0 saturated carbocycles. The van der Waals surface area contributed by atoms with Gasteiger partial charge in [0.1, 0.15) is 0 Å². The molecular formula is C14H15ClN2O2S. The highest BCUT2D eigenvalue weighted by Crippen LogP contribution is 2.26. The van der Waals surface area contributed by atoms with Crippen molar-refractivity contribution in [2.45, 2.75) is 25.7 Å². The second-order valence-electron chi connectivity index (χ2n) is 4.68. The Labute approximate surface area is 123 Å². The number of halogens is 1. The lowest BCUT2D eigenvalue weighted by molar-refractivity contribution is 0.600. The summed E-state index contributed by atoms with van der Waals surface area (Å²) in [5.74, 6) is 0. The Balaban J connectivity index is 2.50. The summed E-state index contributed by atoms with van der Waals surface area (Å²) in [5.41, 5.74) is 2.71. The highest BCUT2D eigenvalue weighted by Gasteiger charge is 2.21. The van der Waals surface area contributed by atoms with Gasteiger partial charge in [0.15, 0.2) is 5.15 Å². The Hall–Kier alpha value is -1.59. The van der Waals surface area contributed by atoms with Crippen molar-refractivity contribution < 1.29 is 8.42 Å². The van der Waals surface area contributed by atoms with Crippen LogP contribution in [0.4, 0.5) is 5.69 Å². The van der Waals surface area contributed by atoms with E-state index in [0.717, 1.165) is 5.56 Å². The zero-order chi connectivity index (χ0) is 14.9. The molecule has 2 rings (SSSR count). The number of hydrogen-bond acceptors (Lipinski definition) is 3. The van der Waals surface area contributed by atoms with Crippen LogP contribution >= 0.6 is 11.6 Å². The Kier molecular flexibility index (Phi) is 4.01. The zero-order valence-corrected chi connectivity index (χ0v) is 13.0. The van der Waals surface area contributed by atoms with Gasteiger partial charge in [-0.05, 0) is 44.0 Å². The van der Waals surface area contributed by atoms with Crippen LogP contribution in [0, 0.1) is 20.8 Å². The normalized spacial score (nSPS) is 11.4. The highest BCUT2D eigenvalue weighted by molar-refractivity contribution is 7.92. The van der Waals surface area contributed by atoms with E-state index in [2.05, 4.69) is 9.71 Å². The second-order valence-corrected chi connectivity index (χ2v) is 6.65. The lowest BCUT2D eigenvalue weighted by Gasteiger charge is -2.14. The average Bonchev–Trinajstić information content (AvgIpc) is 2.30. The first-order valence-electron chi connectivity index (χ1n) is 6.02. The zero-order valence-electron chi connectivity index (χ0n) is 11.4. The Morgan fingerprint density at radius 1 is 1.15 bits per heavy atom. The van der Waals surface area contributed by atoms with Gasteiger partial charge in [-0.2, -0.15) is 0 Å². The number of sulfonamides is 1. The van der Waals surface area contributed by atoms with Crippen LogP contribution in [-0.4, -0.2) is 13.4 Å². The summed E-state index contributed by atoms with van der Waals surface area (Å²) < 4.78 is 27.5. The molecule has 0 aliphatic carbocycles. The van der Waals surface area contributed by atoms with Crippen LogP contribution < -0.4 is 4.72 Å². The summed E-state index contributed by atoms with van der Waals surface area (Å²) in [5, 5.41) is 0.124. The molecule has 1 aromatic carbocycles. The summed E-state index contributed by atoms with van der Waals surface area (Å²) in [6.07, 6.45) is 1.50. The molecule has 0 atom stereocenters. The number of nitrogens with one attached hydrogen (secondary N) is 1. The minimum absolute atomic E-state index is 0.124. The SMILES string of the molecule is Cc1cc(C)c(S(=O)(=O)Nc2cccnc2Cl)c(C)c1. The molecule has 0 aliphatic rings. The lowest BCUT2D eigenvalue weighted by Crippen LogP contribution is -2.16. The van der Waals surface area contributed by atoms with Crippen LogP contribution in [-0.2, 0) is 10.0 Å². The Bertz CT molecular complexity index is 735. The number of aromatic nitrogens is 1. The molecule has 4 nitrogen and oxygen atoms in total. The molecule has 0 fully saturated rings. The largest absolute Gasteiger partial charge is 0.276 e. The van der Waals surface area contributed by atoms with Gasteiger partial charge in [-0.15, -0.1) is 0 Å². The summed E-state index contributed by atoms with van der Waals surface area (Å²) in [4.78, 5) is 4.13. The maximum Gasteiger partial charge on any atom is 0.262 e. The number of anilines is 1. The number of rotatable bonds is 3. The fourth-order valence-electron chi connectivity index (χ4n) is 2.25. The first-order valence-corrected chi connectivity index (χ1v) is 7.88.